The van der Waals surface area contributed by atoms with E-state index in [1.54, 1.807) is 22.8 Å². The zero-order chi connectivity index (χ0) is 16.2. The van der Waals surface area contributed by atoms with Crippen LogP contribution in [0.25, 0.3) is 16.9 Å². The minimum Gasteiger partial charge on any atom is -0.492 e. The Morgan fingerprint density at radius 3 is 2.65 bits per heavy atom. The van der Waals surface area contributed by atoms with Crippen LogP contribution in [-0.4, -0.2) is 53.0 Å². The standard InChI is InChI=1S/C17H18N4O2/c1-20(2)9-10-23-15-6-3-13(4-7-15)16-11-18-17-8-5-14(12-22)19-21(16)17/h3-8,11-12H,9-10H2,1-2H3. The van der Waals surface area contributed by atoms with Crippen molar-refractivity contribution >= 4 is 11.9 Å². The number of hydrogen-bond acceptors (Lipinski definition) is 5. The SMILES string of the molecule is CN(C)CCOc1ccc(-c2cnc3ccc(C=O)nn23)cc1. The van der Waals surface area contributed by atoms with Gasteiger partial charge in [-0.3, -0.25) is 4.79 Å². The summed E-state index contributed by atoms with van der Waals surface area (Å²) < 4.78 is 7.36. The predicted octanol–water partition coefficient (Wildman–Crippen LogP) is 2.15. The molecular formula is C17H18N4O2. The van der Waals surface area contributed by atoms with Gasteiger partial charge in [-0.15, -0.1) is 0 Å². The van der Waals surface area contributed by atoms with Gasteiger partial charge in [-0.25, -0.2) is 9.50 Å². The highest BCUT2D eigenvalue weighted by Crippen LogP contribution is 2.23. The topological polar surface area (TPSA) is 59.7 Å². The summed E-state index contributed by atoms with van der Waals surface area (Å²) in [6.45, 7) is 1.51. The summed E-state index contributed by atoms with van der Waals surface area (Å²) in [5.74, 6) is 0.825. The molecule has 0 aliphatic heterocycles. The van der Waals surface area contributed by atoms with Crippen LogP contribution in [-0.2, 0) is 0 Å². The normalized spacial score (nSPS) is 11.1. The molecule has 0 amide bonds. The van der Waals surface area contributed by atoms with Crippen LogP contribution in [0.4, 0.5) is 0 Å². The smallest absolute Gasteiger partial charge is 0.170 e. The third kappa shape index (κ3) is 3.37. The Bertz CT molecular complexity index is 809. The fraction of sp³-hybridized carbons (Fsp3) is 0.235. The molecule has 6 nitrogen and oxygen atoms in total. The first kappa shape index (κ1) is 15.2. The molecule has 0 fully saturated rings. The van der Waals surface area contributed by atoms with E-state index in [1.807, 2.05) is 38.4 Å². The van der Waals surface area contributed by atoms with Crippen LogP contribution in [0, 0.1) is 0 Å². The van der Waals surface area contributed by atoms with Crippen molar-refractivity contribution in [3.63, 3.8) is 0 Å². The average molecular weight is 310 g/mol. The van der Waals surface area contributed by atoms with Gasteiger partial charge in [0.2, 0.25) is 0 Å². The van der Waals surface area contributed by atoms with Crippen molar-refractivity contribution in [1.29, 1.82) is 0 Å². The second-order valence-corrected chi connectivity index (χ2v) is 5.47. The van der Waals surface area contributed by atoms with Gasteiger partial charge in [0.1, 0.15) is 18.1 Å². The second kappa shape index (κ2) is 6.58. The summed E-state index contributed by atoms with van der Waals surface area (Å²) in [4.78, 5) is 17.3. The van der Waals surface area contributed by atoms with Gasteiger partial charge in [0.05, 0.1) is 11.9 Å². The molecule has 0 N–H and O–H groups in total. The Hall–Kier alpha value is -2.73. The number of hydrogen-bond donors (Lipinski definition) is 0. The maximum atomic E-state index is 10.9. The summed E-state index contributed by atoms with van der Waals surface area (Å²) >= 11 is 0. The number of imidazole rings is 1. The van der Waals surface area contributed by atoms with Crippen LogP contribution in [0.5, 0.6) is 5.75 Å². The minimum atomic E-state index is 0.375. The molecule has 3 rings (SSSR count). The van der Waals surface area contributed by atoms with Crippen molar-refractivity contribution in [2.45, 2.75) is 0 Å². The van der Waals surface area contributed by atoms with Crippen LogP contribution in [0.1, 0.15) is 10.5 Å². The van der Waals surface area contributed by atoms with Gasteiger partial charge in [0.15, 0.2) is 11.9 Å². The van der Waals surface area contributed by atoms with Crippen LogP contribution < -0.4 is 4.74 Å². The first-order valence-electron chi connectivity index (χ1n) is 7.35. The molecule has 0 saturated heterocycles. The number of aldehydes is 1. The molecule has 0 aliphatic carbocycles. The lowest BCUT2D eigenvalue weighted by atomic mass is 10.1. The first-order chi connectivity index (χ1) is 11.2. The largest absolute Gasteiger partial charge is 0.492 e. The maximum absolute atomic E-state index is 10.9. The first-order valence-corrected chi connectivity index (χ1v) is 7.35. The number of nitrogens with zero attached hydrogens (tertiary/aromatic N) is 4. The highest BCUT2D eigenvalue weighted by Gasteiger charge is 2.08. The van der Waals surface area contributed by atoms with Crippen LogP contribution in [0.2, 0.25) is 0 Å². The van der Waals surface area contributed by atoms with E-state index < -0.39 is 0 Å². The van der Waals surface area contributed by atoms with Crippen molar-refractivity contribution in [2.24, 2.45) is 0 Å². The highest BCUT2D eigenvalue weighted by atomic mass is 16.5. The molecule has 0 radical (unpaired) electrons. The lowest BCUT2D eigenvalue weighted by Crippen LogP contribution is -2.19. The fourth-order valence-electron chi connectivity index (χ4n) is 2.22. The third-order valence-electron chi connectivity index (χ3n) is 3.46. The third-order valence-corrected chi connectivity index (χ3v) is 3.46. The molecule has 118 valence electrons. The number of fused-ring (bicyclic) bond motifs is 1. The minimum absolute atomic E-state index is 0.375. The molecule has 6 heteroatoms. The Labute approximate surface area is 134 Å². The number of likely N-dealkylation sites (N-methyl/N-ethyl adjacent to an activating group) is 1. The van der Waals surface area contributed by atoms with Crippen molar-refractivity contribution in [3.05, 3.63) is 48.3 Å². The predicted molar refractivity (Wildman–Crippen MR) is 87.9 cm³/mol. The Morgan fingerprint density at radius 2 is 1.96 bits per heavy atom. The molecule has 0 bridgehead atoms. The van der Waals surface area contributed by atoms with E-state index in [4.69, 9.17) is 4.74 Å². The number of aromatic nitrogens is 3. The van der Waals surface area contributed by atoms with E-state index in [-0.39, 0.29) is 0 Å². The van der Waals surface area contributed by atoms with Gasteiger partial charge < -0.3 is 9.64 Å². The maximum Gasteiger partial charge on any atom is 0.170 e. The van der Waals surface area contributed by atoms with E-state index >= 15 is 0 Å². The van der Waals surface area contributed by atoms with Gasteiger partial charge >= 0.3 is 0 Å². The zero-order valence-electron chi connectivity index (χ0n) is 13.1. The number of carbonyl (C=O) groups excluding carboxylic acids is 1. The van der Waals surface area contributed by atoms with Gasteiger partial charge in [-0.05, 0) is 50.5 Å². The Balaban J connectivity index is 1.83. The van der Waals surface area contributed by atoms with Gasteiger partial charge in [0.25, 0.3) is 0 Å². The van der Waals surface area contributed by atoms with Crippen LogP contribution >= 0.6 is 0 Å². The fourth-order valence-corrected chi connectivity index (χ4v) is 2.22. The monoisotopic (exact) mass is 310 g/mol. The molecule has 2 aromatic heterocycles. The van der Waals surface area contributed by atoms with E-state index in [1.165, 1.54) is 0 Å². The summed E-state index contributed by atoms with van der Waals surface area (Å²) in [6.07, 6.45) is 2.48. The highest BCUT2D eigenvalue weighted by molar-refractivity contribution is 5.72. The van der Waals surface area contributed by atoms with E-state index in [0.29, 0.717) is 17.9 Å². The number of carbonyl (C=O) groups is 1. The summed E-state index contributed by atoms with van der Waals surface area (Å²) in [5, 5.41) is 4.27. The number of ether oxygens (including phenoxy) is 1. The van der Waals surface area contributed by atoms with E-state index in [0.717, 1.165) is 29.8 Å². The summed E-state index contributed by atoms with van der Waals surface area (Å²) in [6, 6.07) is 11.2. The van der Waals surface area contributed by atoms with Crippen molar-refractivity contribution in [2.75, 3.05) is 27.2 Å². The van der Waals surface area contributed by atoms with Crippen molar-refractivity contribution < 1.29 is 9.53 Å². The van der Waals surface area contributed by atoms with Crippen LogP contribution in [0.3, 0.4) is 0 Å². The van der Waals surface area contributed by atoms with Crippen molar-refractivity contribution in [1.82, 2.24) is 19.5 Å². The lowest BCUT2D eigenvalue weighted by Gasteiger charge is -2.11. The number of rotatable bonds is 6. The van der Waals surface area contributed by atoms with E-state index in [2.05, 4.69) is 15.0 Å². The molecule has 1 aromatic carbocycles. The molecule has 3 aromatic rings. The van der Waals surface area contributed by atoms with Gasteiger partial charge in [-0.1, -0.05) is 0 Å². The molecule has 0 unspecified atom stereocenters. The molecule has 0 spiro atoms. The number of benzene rings is 1. The Kier molecular flexibility index (Phi) is 4.34. The zero-order valence-corrected chi connectivity index (χ0v) is 13.1. The molecular weight excluding hydrogens is 292 g/mol. The molecule has 0 saturated carbocycles. The average Bonchev–Trinajstić information content (AvgIpc) is 2.98. The summed E-state index contributed by atoms with van der Waals surface area (Å²) in [7, 11) is 4.02. The van der Waals surface area contributed by atoms with Crippen molar-refractivity contribution in [3.8, 4) is 17.0 Å². The lowest BCUT2D eigenvalue weighted by molar-refractivity contribution is 0.111. The Morgan fingerprint density at radius 1 is 1.17 bits per heavy atom. The molecule has 0 aliphatic rings. The molecule has 2 heterocycles. The summed E-state index contributed by atoms with van der Waals surface area (Å²) in [5.41, 5.74) is 2.88. The van der Waals surface area contributed by atoms with Gasteiger partial charge in [0, 0.05) is 12.1 Å². The van der Waals surface area contributed by atoms with E-state index in [9.17, 15) is 4.79 Å². The quantitative estimate of drug-likeness (QED) is 0.653. The van der Waals surface area contributed by atoms with Gasteiger partial charge in [-0.2, -0.15) is 5.10 Å². The second-order valence-electron chi connectivity index (χ2n) is 5.47. The molecule has 0 atom stereocenters. The molecule has 23 heavy (non-hydrogen) atoms. The van der Waals surface area contributed by atoms with Crippen LogP contribution in [0.15, 0.2) is 42.6 Å².